The van der Waals surface area contributed by atoms with Crippen molar-refractivity contribution in [3.8, 4) is 0 Å². The number of carbonyl (C=O) groups is 1. The third-order valence-corrected chi connectivity index (χ3v) is 4.90. The van der Waals surface area contributed by atoms with E-state index in [0.29, 0.717) is 11.9 Å². The highest BCUT2D eigenvalue weighted by Gasteiger charge is 2.33. The number of nitrogens with zero attached hydrogens (tertiary/aromatic N) is 2. The average Bonchev–Trinajstić information content (AvgIpc) is 2.73. The van der Waals surface area contributed by atoms with Crippen molar-refractivity contribution in [3.63, 3.8) is 0 Å². The number of hydrogen-bond donors (Lipinski definition) is 0. The van der Waals surface area contributed by atoms with Gasteiger partial charge in [-0.25, -0.2) is 0 Å². The molecule has 2 fully saturated rings. The summed E-state index contributed by atoms with van der Waals surface area (Å²) < 4.78 is 5.33. The van der Waals surface area contributed by atoms with E-state index in [1.54, 1.807) is 0 Å². The van der Waals surface area contributed by atoms with Crippen molar-refractivity contribution in [2.75, 3.05) is 45.1 Å². The number of amides is 1. The van der Waals surface area contributed by atoms with Crippen molar-refractivity contribution in [2.45, 2.75) is 31.6 Å². The zero-order valence-corrected chi connectivity index (χ0v) is 12.2. The van der Waals surface area contributed by atoms with Gasteiger partial charge in [0.15, 0.2) is 0 Å². The third-order valence-electron chi connectivity index (χ3n) is 3.64. The normalized spacial score (nSPS) is 26.3. The largest absolute Gasteiger partial charge is 0.379 e. The molecule has 0 aromatic rings. The number of ether oxygens (including phenoxy) is 1. The second-order valence-electron chi connectivity index (χ2n) is 5.23. The van der Waals surface area contributed by atoms with Crippen molar-refractivity contribution in [2.24, 2.45) is 0 Å². The summed E-state index contributed by atoms with van der Waals surface area (Å²) in [7, 11) is 0. The molecule has 4 nitrogen and oxygen atoms in total. The molecule has 2 saturated heterocycles. The van der Waals surface area contributed by atoms with Crippen LogP contribution >= 0.6 is 11.8 Å². The molecule has 5 heteroatoms. The molecule has 0 aliphatic carbocycles. The van der Waals surface area contributed by atoms with Gasteiger partial charge in [-0.1, -0.05) is 0 Å². The molecule has 2 aliphatic rings. The molecule has 0 spiro atoms. The lowest BCUT2D eigenvalue weighted by molar-refractivity contribution is -0.128. The van der Waals surface area contributed by atoms with Crippen molar-refractivity contribution in [1.29, 1.82) is 0 Å². The Morgan fingerprint density at radius 1 is 1.33 bits per heavy atom. The van der Waals surface area contributed by atoms with E-state index in [1.807, 2.05) is 16.7 Å². The van der Waals surface area contributed by atoms with Gasteiger partial charge in [-0.15, -0.1) is 11.8 Å². The fourth-order valence-corrected chi connectivity index (χ4v) is 3.69. The quantitative estimate of drug-likeness (QED) is 0.749. The Labute approximate surface area is 114 Å². The number of thioether (sulfide) groups is 1. The van der Waals surface area contributed by atoms with Crippen molar-refractivity contribution < 1.29 is 9.53 Å². The molecule has 0 aromatic heterocycles. The van der Waals surface area contributed by atoms with Crippen LogP contribution in [0.2, 0.25) is 0 Å². The van der Waals surface area contributed by atoms with Gasteiger partial charge in [0.1, 0.15) is 0 Å². The standard InChI is InChI=1S/C13H24N2O2S/c1-11(2)15-4-3-12(13(15)16)18-10-7-14-5-8-17-9-6-14/h11-12H,3-10H2,1-2H3/t12-/m1/s1. The van der Waals surface area contributed by atoms with Crippen LogP contribution in [0, 0.1) is 0 Å². The van der Waals surface area contributed by atoms with Crippen LogP contribution in [0.15, 0.2) is 0 Å². The molecule has 104 valence electrons. The van der Waals surface area contributed by atoms with Crippen molar-refractivity contribution in [3.05, 3.63) is 0 Å². The first-order valence-electron chi connectivity index (χ1n) is 6.90. The van der Waals surface area contributed by atoms with Crippen LogP contribution in [0.5, 0.6) is 0 Å². The van der Waals surface area contributed by atoms with Crippen LogP contribution in [0.25, 0.3) is 0 Å². The number of morpholine rings is 1. The van der Waals surface area contributed by atoms with E-state index >= 15 is 0 Å². The van der Waals surface area contributed by atoms with Gasteiger partial charge in [0.05, 0.1) is 18.5 Å². The highest BCUT2D eigenvalue weighted by molar-refractivity contribution is 8.00. The van der Waals surface area contributed by atoms with Gasteiger partial charge in [0.25, 0.3) is 0 Å². The highest BCUT2D eigenvalue weighted by Crippen LogP contribution is 2.25. The molecule has 2 rings (SSSR count). The van der Waals surface area contributed by atoms with Gasteiger partial charge >= 0.3 is 0 Å². The predicted molar refractivity (Wildman–Crippen MR) is 75.0 cm³/mol. The molecule has 2 heterocycles. The van der Waals surface area contributed by atoms with Crippen LogP contribution in [0.4, 0.5) is 0 Å². The van der Waals surface area contributed by atoms with E-state index in [0.717, 1.165) is 51.6 Å². The van der Waals surface area contributed by atoms with Crippen LogP contribution < -0.4 is 0 Å². The molecule has 0 bridgehead atoms. The van der Waals surface area contributed by atoms with Gasteiger partial charge in [0.2, 0.25) is 5.91 Å². The first-order chi connectivity index (χ1) is 8.68. The Morgan fingerprint density at radius 3 is 2.67 bits per heavy atom. The molecule has 2 aliphatic heterocycles. The maximum Gasteiger partial charge on any atom is 0.235 e. The van der Waals surface area contributed by atoms with Gasteiger partial charge < -0.3 is 9.64 Å². The molecule has 0 aromatic carbocycles. The Morgan fingerprint density at radius 2 is 2.06 bits per heavy atom. The van der Waals surface area contributed by atoms with E-state index in [4.69, 9.17) is 4.74 Å². The topological polar surface area (TPSA) is 32.8 Å². The third kappa shape index (κ3) is 3.62. The van der Waals surface area contributed by atoms with Crippen molar-refractivity contribution in [1.82, 2.24) is 9.80 Å². The fraction of sp³-hybridized carbons (Fsp3) is 0.923. The Hall–Kier alpha value is -0.260. The van der Waals surface area contributed by atoms with E-state index in [9.17, 15) is 4.79 Å². The molecule has 1 atom stereocenters. The molecule has 0 unspecified atom stereocenters. The monoisotopic (exact) mass is 272 g/mol. The van der Waals surface area contributed by atoms with Gasteiger partial charge in [-0.3, -0.25) is 9.69 Å². The highest BCUT2D eigenvalue weighted by atomic mass is 32.2. The van der Waals surface area contributed by atoms with Crippen molar-refractivity contribution >= 4 is 17.7 Å². The Balaban J connectivity index is 1.66. The lowest BCUT2D eigenvalue weighted by Crippen LogP contribution is -2.38. The van der Waals surface area contributed by atoms with Crippen LogP contribution in [-0.2, 0) is 9.53 Å². The first-order valence-corrected chi connectivity index (χ1v) is 7.95. The van der Waals surface area contributed by atoms with E-state index in [-0.39, 0.29) is 5.25 Å². The molecule has 1 amide bonds. The second kappa shape index (κ2) is 6.78. The maximum absolute atomic E-state index is 12.1. The summed E-state index contributed by atoms with van der Waals surface area (Å²) in [6, 6.07) is 0.349. The summed E-state index contributed by atoms with van der Waals surface area (Å²) in [6.45, 7) is 10.00. The zero-order valence-electron chi connectivity index (χ0n) is 11.4. The fourth-order valence-electron chi connectivity index (χ4n) is 2.49. The van der Waals surface area contributed by atoms with Crippen LogP contribution in [0.3, 0.4) is 0 Å². The Bertz CT molecular complexity index is 280. The van der Waals surface area contributed by atoms with E-state index < -0.39 is 0 Å². The zero-order chi connectivity index (χ0) is 13.0. The predicted octanol–water partition coefficient (Wildman–Crippen LogP) is 1.06. The summed E-state index contributed by atoms with van der Waals surface area (Å²) in [5.74, 6) is 1.40. The molecule has 0 saturated carbocycles. The molecule has 0 N–H and O–H groups in total. The minimum atomic E-state index is 0.202. The SMILES string of the molecule is CC(C)N1CC[C@@H](SCCN2CCOCC2)C1=O. The second-order valence-corrected chi connectivity index (χ2v) is 6.54. The smallest absolute Gasteiger partial charge is 0.235 e. The van der Waals surface area contributed by atoms with E-state index in [1.165, 1.54) is 0 Å². The lowest BCUT2D eigenvalue weighted by atomic mass is 10.3. The summed E-state index contributed by atoms with van der Waals surface area (Å²) >= 11 is 1.83. The first kappa shape index (κ1) is 14.2. The number of hydrogen-bond acceptors (Lipinski definition) is 4. The maximum atomic E-state index is 12.1. The Kier molecular flexibility index (Phi) is 5.33. The molecule has 0 radical (unpaired) electrons. The van der Waals surface area contributed by atoms with Gasteiger partial charge in [-0.05, 0) is 20.3 Å². The number of likely N-dealkylation sites (tertiary alicyclic amines) is 1. The molecule has 18 heavy (non-hydrogen) atoms. The minimum absolute atomic E-state index is 0.202. The summed E-state index contributed by atoms with van der Waals surface area (Å²) in [5, 5.41) is 0.202. The molecular weight excluding hydrogens is 248 g/mol. The summed E-state index contributed by atoms with van der Waals surface area (Å²) in [5.41, 5.74) is 0. The summed E-state index contributed by atoms with van der Waals surface area (Å²) in [4.78, 5) is 16.5. The average molecular weight is 272 g/mol. The van der Waals surface area contributed by atoms with Gasteiger partial charge in [-0.2, -0.15) is 0 Å². The van der Waals surface area contributed by atoms with Crippen LogP contribution in [0.1, 0.15) is 20.3 Å². The lowest BCUT2D eigenvalue weighted by Gasteiger charge is -2.26. The van der Waals surface area contributed by atoms with Crippen LogP contribution in [-0.4, -0.2) is 72.1 Å². The number of rotatable bonds is 5. The van der Waals surface area contributed by atoms with E-state index in [2.05, 4.69) is 18.7 Å². The minimum Gasteiger partial charge on any atom is -0.379 e. The summed E-state index contributed by atoms with van der Waals surface area (Å²) in [6.07, 6.45) is 1.02. The number of carbonyl (C=O) groups excluding carboxylic acids is 1. The molecular formula is C13H24N2O2S. The van der Waals surface area contributed by atoms with Gasteiger partial charge in [0, 0.05) is 38.0 Å².